The highest BCUT2D eigenvalue weighted by molar-refractivity contribution is 5.59. The first-order valence-corrected chi connectivity index (χ1v) is 5.76. The van der Waals surface area contributed by atoms with E-state index in [0.717, 1.165) is 0 Å². The molecule has 0 fully saturated rings. The average Bonchev–Trinajstić information content (AvgIpc) is 2.38. The zero-order chi connectivity index (χ0) is 14.3. The van der Waals surface area contributed by atoms with Crippen molar-refractivity contribution in [3.05, 3.63) is 35.8 Å². The topological polar surface area (TPSA) is 68.8 Å². The van der Waals surface area contributed by atoms with E-state index in [1.165, 1.54) is 24.4 Å². The number of benzene rings is 1. The number of hydrogen-bond donors (Lipinski definition) is 1. The van der Waals surface area contributed by atoms with Gasteiger partial charge in [0, 0.05) is 12.3 Å². The Hall–Kier alpha value is -2.53. The number of nitriles is 2. The molecule has 0 aromatic heterocycles. The normalized spacial score (nSPS) is 9.37. The second-order valence-corrected chi connectivity index (χ2v) is 4.27. The zero-order valence-corrected chi connectivity index (χ0v) is 10.8. The average molecular weight is 259 g/mol. The fourth-order valence-electron chi connectivity index (χ4n) is 1.24. The maximum Gasteiger partial charge on any atom is 0.145 e. The lowest BCUT2D eigenvalue weighted by molar-refractivity contribution is 0.272. The fourth-order valence-corrected chi connectivity index (χ4v) is 1.24. The van der Waals surface area contributed by atoms with Crippen LogP contribution in [0.25, 0.3) is 0 Å². The molecule has 0 bridgehead atoms. The molecule has 98 valence electrons. The van der Waals surface area contributed by atoms with Crippen LogP contribution in [0.3, 0.4) is 0 Å². The molecule has 0 aliphatic rings. The van der Waals surface area contributed by atoms with Crippen LogP contribution in [0.4, 0.5) is 10.1 Å². The smallest absolute Gasteiger partial charge is 0.145 e. The van der Waals surface area contributed by atoms with Crippen molar-refractivity contribution < 1.29 is 9.13 Å². The van der Waals surface area contributed by atoms with Gasteiger partial charge >= 0.3 is 0 Å². The number of allylic oxidation sites excluding steroid dienone is 1. The van der Waals surface area contributed by atoms with Crippen LogP contribution < -0.4 is 10.1 Å². The maximum atomic E-state index is 13.2. The van der Waals surface area contributed by atoms with Gasteiger partial charge in [-0.1, -0.05) is 13.8 Å². The van der Waals surface area contributed by atoms with Gasteiger partial charge in [-0.05, 0) is 18.1 Å². The highest BCUT2D eigenvalue weighted by Gasteiger charge is 2.06. The molecule has 4 nitrogen and oxygen atoms in total. The summed E-state index contributed by atoms with van der Waals surface area (Å²) in [5.74, 6) is 0.382. The number of nitrogens with one attached hydrogen (secondary N) is 1. The molecule has 1 aromatic rings. The van der Waals surface area contributed by atoms with Crippen molar-refractivity contribution in [3.8, 4) is 17.9 Å². The van der Waals surface area contributed by atoms with E-state index >= 15 is 0 Å². The number of anilines is 1. The molecule has 1 rings (SSSR count). The summed E-state index contributed by atoms with van der Waals surface area (Å²) in [4.78, 5) is 0. The Kier molecular flexibility index (Phi) is 5.37. The molecule has 0 unspecified atom stereocenters. The minimum absolute atomic E-state index is 0.0981. The third-order valence-electron chi connectivity index (χ3n) is 2.13. The van der Waals surface area contributed by atoms with Crippen molar-refractivity contribution in [2.45, 2.75) is 13.8 Å². The Balaban J connectivity index is 2.92. The van der Waals surface area contributed by atoms with E-state index in [1.54, 1.807) is 12.1 Å². The van der Waals surface area contributed by atoms with Crippen molar-refractivity contribution in [2.24, 2.45) is 5.92 Å². The third-order valence-corrected chi connectivity index (χ3v) is 2.13. The lowest BCUT2D eigenvalue weighted by Crippen LogP contribution is -2.06. The summed E-state index contributed by atoms with van der Waals surface area (Å²) in [7, 11) is 0. The minimum Gasteiger partial charge on any atom is -0.491 e. The van der Waals surface area contributed by atoms with Crippen LogP contribution in [0, 0.1) is 34.4 Å². The van der Waals surface area contributed by atoms with Crippen molar-refractivity contribution in [3.63, 3.8) is 0 Å². The van der Waals surface area contributed by atoms with Gasteiger partial charge in [0.15, 0.2) is 0 Å². The summed E-state index contributed by atoms with van der Waals surface area (Å²) in [6, 6.07) is 7.46. The fraction of sp³-hybridized carbons (Fsp3) is 0.286. The summed E-state index contributed by atoms with van der Waals surface area (Å²) in [5, 5.41) is 19.9. The molecule has 0 spiro atoms. The van der Waals surface area contributed by atoms with Gasteiger partial charge in [-0.3, -0.25) is 0 Å². The van der Waals surface area contributed by atoms with E-state index in [-0.39, 0.29) is 5.57 Å². The van der Waals surface area contributed by atoms with Crippen molar-refractivity contribution in [1.29, 1.82) is 10.5 Å². The summed E-state index contributed by atoms with van der Waals surface area (Å²) >= 11 is 0. The standard InChI is InChI=1S/C14H14FN3O/c1-10(2)9-19-14-4-3-12(15)5-13(14)18-8-11(6-16)7-17/h3-5,8,10,18H,9H2,1-2H3. The van der Waals surface area contributed by atoms with Gasteiger partial charge in [0.05, 0.1) is 12.3 Å². The molecular weight excluding hydrogens is 245 g/mol. The van der Waals surface area contributed by atoms with Gasteiger partial charge in [0.2, 0.25) is 0 Å². The zero-order valence-electron chi connectivity index (χ0n) is 10.8. The van der Waals surface area contributed by atoms with Crippen molar-refractivity contribution >= 4 is 5.69 Å². The third kappa shape index (κ3) is 4.69. The summed E-state index contributed by atoms with van der Waals surface area (Å²) in [6.07, 6.45) is 1.22. The molecule has 0 saturated carbocycles. The number of nitrogens with zero attached hydrogens (tertiary/aromatic N) is 2. The molecule has 19 heavy (non-hydrogen) atoms. The van der Waals surface area contributed by atoms with Crippen LogP contribution in [-0.4, -0.2) is 6.61 Å². The van der Waals surface area contributed by atoms with Crippen LogP contribution in [-0.2, 0) is 0 Å². The van der Waals surface area contributed by atoms with E-state index in [1.807, 2.05) is 13.8 Å². The van der Waals surface area contributed by atoms with E-state index in [4.69, 9.17) is 15.3 Å². The number of hydrogen-bond acceptors (Lipinski definition) is 4. The highest BCUT2D eigenvalue weighted by Crippen LogP contribution is 2.26. The van der Waals surface area contributed by atoms with Crippen LogP contribution in [0.1, 0.15) is 13.8 Å². The quantitative estimate of drug-likeness (QED) is 0.824. The predicted octanol–water partition coefficient (Wildman–Crippen LogP) is 3.20. The van der Waals surface area contributed by atoms with Crippen LogP contribution in [0.2, 0.25) is 0 Å². The molecule has 0 aliphatic carbocycles. The van der Waals surface area contributed by atoms with Gasteiger partial charge in [-0.15, -0.1) is 0 Å². The van der Waals surface area contributed by atoms with E-state index in [0.29, 0.717) is 24.0 Å². The first-order valence-electron chi connectivity index (χ1n) is 5.76. The van der Waals surface area contributed by atoms with Crippen LogP contribution in [0.5, 0.6) is 5.75 Å². The van der Waals surface area contributed by atoms with Gasteiger partial charge in [0.25, 0.3) is 0 Å². The monoisotopic (exact) mass is 259 g/mol. The Morgan fingerprint density at radius 3 is 2.68 bits per heavy atom. The van der Waals surface area contributed by atoms with Gasteiger partial charge in [-0.25, -0.2) is 4.39 Å². The Bertz CT molecular complexity index is 537. The molecule has 0 radical (unpaired) electrons. The van der Waals surface area contributed by atoms with Crippen molar-refractivity contribution in [2.75, 3.05) is 11.9 Å². The number of halogens is 1. The predicted molar refractivity (Wildman–Crippen MR) is 69.7 cm³/mol. The minimum atomic E-state index is -0.428. The largest absolute Gasteiger partial charge is 0.491 e. The highest BCUT2D eigenvalue weighted by atomic mass is 19.1. The summed E-state index contributed by atoms with van der Waals surface area (Å²) in [6.45, 7) is 4.49. The molecule has 0 saturated heterocycles. The van der Waals surface area contributed by atoms with E-state index < -0.39 is 5.82 Å². The molecule has 0 heterocycles. The molecule has 1 aromatic carbocycles. The van der Waals surface area contributed by atoms with E-state index in [2.05, 4.69) is 5.32 Å². The SMILES string of the molecule is CC(C)COc1ccc(F)cc1NC=C(C#N)C#N. The Morgan fingerprint density at radius 1 is 1.42 bits per heavy atom. The molecule has 0 aliphatic heterocycles. The Labute approximate surface area is 111 Å². The maximum absolute atomic E-state index is 13.2. The molecule has 5 heteroatoms. The van der Waals surface area contributed by atoms with Crippen LogP contribution >= 0.6 is 0 Å². The molecule has 0 atom stereocenters. The summed E-state index contributed by atoms with van der Waals surface area (Å²) < 4.78 is 18.7. The first kappa shape index (κ1) is 14.5. The van der Waals surface area contributed by atoms with Crippen molar-refractivity contribution in [1.82, 2.24) is 0 Å². The molecular formula is C14H14FN3O. The second kappa shape index (κ2) is 7.03. The van der Waals surface area contributed by atoms with Gasteiger partial charge in [0.1, 0.15) is 29.3 Å². The second-order valence-electron chi connectivity index (χ2n) is 4.27. The molecule has 1 N–H and O–H groups in total. The number of ether oxygens (including phenoxy) is 1. The first-order chi connectivity index (χ1) is 9.06. The van der Waals surface area contributed by atoms with E-state index in [9.17, 15) is 4.39 Å². The van der Waals surface area contributed by atoms with Crippen LogP contribution in [0.15, 0.2) is 30.0 Å². The lowest BCUT2D eigenvalue weighted by atomic mass is 10.2. The molecule has 0 amide bonds. The van der Waals surface area contributed by atoms with Gasteiger partial charge < -0.3 is 10.1 Å². The summed E-state index contributed by atoms with van der Waals surface area (Å²) in [5.41, 5.74) is 0.280. The Morgan fingerprint density at radius 2 is 2.11 bits per heavy atom. The lowest BCUT2D eigenvalue weighted by Gasteiger charge is -2.13. The number of rotatable bonds is 5. The van der Waals surface area contributed by atoms with Gasteiger partial charge in [-0.2, -0.15) is 10.5 Å².